The highest BCUT2D eigenvalue weighted by Gasteiger charge is 2.07. The van der Waals surface area contributed by atoms with Crippen LogP contribution in [0.1, 0.15) is 5.56 Å². The minimum Gasteiger partial charge on any atom is -0.389 e. The molecular weight excluding hydrogens is 232 g/mol. The normalized spacial score (nSPS) is 10.2. The Hall–Kier alpha value is -1.46. The van der Waals surface area contributed by atoms with Crippen molar-refractivity contribution >= 4 is 28.8 Å². The average Bonchev–Trinajstić information content (AvgIpc) is 2.65. The maximum Gasteiger partial charge on any atom is 0.106 e. The van der Waals surface area contributed by atoms with Gasteiger partial charge in [0.25, 0.3) is 0 Å². The highest BCUT2D eigenvalue weighted by Crippen LogP contribution is 2.14. The van der Waals surface area contributed by atoms with Crippen molar-refractivity contribution in [2.75, 3.05) is 0 Å². The van der Waals surface area contributed by atoms with E-state index in [9.17, 15) is 0 Å². The van der Waals surface area contributed by atoms with Gasteiger partial charge < -0.3 is 5.73 Å². The third-order valence-electron chi connectivity index (χ3n) is 1.86. The van der Waals surface area contributed by atoms with Crippen molar-refractivity contribution in [2.24, 2.45) is 5.73 Å². The van der Waals surface area contributed by atoms with Gasteiger partial charge >= 0.3 is 0 Å². The van der Waals surface area contributed by atoms with Gasteiger partial charge in [0, 0.05) is 18.0 Å². The van der Waals surface area contributed by atoms with Gasteiger partial charge in [0.15, 0.2) is 0 Å². The van der Waals surface area contributed by atoms with E-state index >= 15 is 0 Å². The van der Waals surface area contributed by atoms with Crippen LogP contribution in [0.2, 0.25) is 5.02 Å². The zero-order valence-electron chi connectivity index (χ0n) is 7.59. The molecule has 0 amide bonds. The molecule has 4 nitrogen and oxygen atoms in total. The van der Waals surface area contributed by atoms with Crippen LogP contribution in [0.15, 0.2) is 30.9 Å². The van der Waals surface area contributed by atoms with Gasteiger partial charge in [0.05, 0.1) is 23.1 Å². The van der Waals surface area contributed by atoms with Crippen LogP contribution in [-0.4, -0.2) is 19.8 Å². The largest absolute Gasteiger partial charge is 0.389 e. The molecule has 0 aromatic carbocycles. The lowest BCUT2D eigenvalue weighted by molar-refractivity contribution is 0.872. The first kappa shape index (κ1) is 10.1. The maximum atomic E-state index is 5.77. The molecule has 2 heterocycles. The van der Waals surface area contributed by atoms with E-state index in [-0.39, 0.29) is 0 Å². The Morgan fingerprint density at radius 1 is 1.47 bits per heavy atom. The molecule has 0 aliphatic rings. The van der Waals surface area contributed by atoms with E-state index in [1.807, 2.05) is 0 Å². The highest BCUT2D eigenvalue weighted by molar-refractivity contribution is 7.80. The third kappa shape index (κ3) is 1.98. The highest BCUT2D eigenvalue weighted by atomic mass is 35.5. The first-order valence-corrected chi connectivity index (χ1v) is 4.91. The van der Waals surface area contributed by atoms with Crippen LogP contribution in [0.25, 0.3) is 5.69 Å². The molecule has 0 saturated heterocycles. The molecule has 0 fully saturated rings. The van der Waals surface area contributed by atoms with Gasteiger partial charge in [-0.25, -0.2) is 4.68 Å². The predicted molar refractivity (Wildman–Crippen MR) is 62.3 cm³/mol. The summed E-state index contributed by atoms with van der Waals surface area (Å²) in [5.41, 5.74) is 7.03. The van der Waals surface area contributed by atoms with Gasteiger partial charge in [-0.1, -0.05) is 23.8 Å². The predicted octanol–water partition coefficient (Wildman–Crippen LogP) is 1.55. The van der Waals surface area contributed by atoms with Gasteiger partial charge in [-0.05, 0) is 6.07 Å². The van der Waals surface area contributed by atoms with Gasteiger partial charge in [0.2, 0.25) is 0 Å². The molecule has 0 aliphatic carbocycles. The number of nitrogens with zero attached hydrogens (tertiary/aromatic N) is 3. The summed E-state index contributed by atoms with van der Waals surface area (Å²) in [6.45, 7) is 0. The number of hydrogen-bond donors (Lipinski definition) is 1. The fourth-order valence-corrected chi connectivity index (χ4v) is 1.52. The van der Waals surface area contributed by atoms with Gasteiger partial charge in [-0.15, -0.1) is 0 Å². The summed E-state index contributed by atoms with van der Waals surface area (Å²) in [4.78, 5) is 4.30. The third-order valence-corrected chi connectivity index (χ3v) is 2.28. The molecule has 0 spiro atoms. The molecule has 0 atom stereocenters. The molecule has 0 aliphatic heterocycles. The molecule has 0 saturated carbocycles. The Balaban J connectivity index is 2.57. The molecule has 0 unspecified atom stereocenters. The SMILES string of the molecule is NC(=S)c1ccncc1-n1cc(Cl)cn1. The summed E-state index contributed by atoms with van der Waals surface area (Å²) < 4.78 is 1.59. The Morgan fingerprint density at radius 3 is 2.87 bits per heavy atom. The Labute approximate surface area is 96.7 Å². The lowest BCUT2D eigenvalue weighted by Crippen LogP contribution is -2.13. The Bertz CT molecular complexity index is 508. The van der Waals surface area contributed by atoms with E-state index < -0.39 is 0 Å². The molecule has 2 N–H and O–H groups in total. The van der Waals surface area contributed by atoms with E-state index in [0.717, 1.165) is 11.3 Å². The molecule has 0 bridgehead atoms. The lowest BCUT2D eigenvalue weighted by Gasteiger charge is -2.06. The molecule has 2 aromatic rings. The first-order chi connectivity index (χ1) is 7.18. The van der Waals surface area contributed by atoms with E-state index in [1.165, 1.54) is 6.20 Å². The van der Waals surface area contributed by atoms with Gasteiger partial charge in [0.1, 0.15) is 4.99 Å². The molecule has 6 heteroatoms. The summed E-state index contributed by atoms with van der Waals surface area (Å²) >= 11 is 10.7. The molecule has 15 heavy (non-hydrogen) atoms. The van der Waals surface area contributed by atoms with Gasteiger partial charge in [-0.2, -0.15) is 5.10 Å². The maximum absolute atomic E-state index is 5.77. The van der Waals surface area contributed by atoms with Crippen LogP contribution in [-0.2, 0) is 0 Å². The number of aromatic nitrogens is 3. The number of rotatable bonds is 2. The van der Waals surface area contributed by atoms with Crippen LogP contribution < -0.4 is 5.73 Å². The molecular formula is C9H7ClN4S. The first-order valence-electron chi connectivity index (χ1n) is 4.13. The van der Waals surface area contributed by atoms with Crippen molar-refractivity contribution in [3.05, 3.63) is 41.4 Å². The second-order valence-electron chi connectivity index (χ2n) is 2.86. The minimum atomic E-state index is 0.305. The molecule has 76 valence electrons. The smallest absolute Gasteiger partial charge is 0.106 e. The Morgan fingerprint density at radius 2 is 2.27 bits per heavy atom. The monoisotopic (exact) mass is 238 g/mol. The number of hydrogen-bond acceptors (Lipinski definition) is 3. The lowest BCUT2D eigenvalue weighted by atomic mass is 10.2. The quantitative estimate of drug-likeness (QED) is 0.807. The van der Waals surface area contributed by atoms with Crippen molar-refractivity contribution in [1.82, 2.24) is 14.8 Å². The van der Waals surface area contributed by atoms with Crippen LogP contribution in [0.3, 0.4) is 0 Å². The molecule has 2 aromatic heterocycles. The topological polar surface area (TPSA) is 56.7 Å². The van der Waals surface area contributed by atoms with Crippen molar-refractivity contribution in [1.29, 1.82) is 0 Å². The van der Waals surface area contributed by atoms with Crippen LogP contribution >= 0.6 is 23.8 Å². The summed E-state index contributed by atoms with van der Waals surface area (Å²) in [5.74, 6) is 0. The zero-order chi connectivity index (χ0) is 10.8. The molecule has 2 rings (SSSR count). The van der Waals surface area contributed by atoms with Crippen molar-refractivity contribution < 1.29 is 0 Å². The zero-order valence-corrected chi connectivity index (χ0v) is 9.16. The minimum absolute atomic E-state index is 0.305. The van der Waals surface area contributed by atoms with Crippen molar-refractivity contribution in [2.45, 2.75) is 0 Å². The number of nitrogens with two attached hydrogens (primary N) is 1. The van der Waals surface area contributed by atoms with Crippen LogP contribution in [0, 0.1) is 0 Å². The van der Waals surface area contributed by atoms with E-state index in [1.54, 1.807) is 29.3 Å². The van der Waals surface area contributed by atoms with E-state index in [0.29, 0.717) is 10.0 Å². The summed E-state index contributed by atoms with van der Waals surface area (Å²) in [6.07, 6.45) is 6.47. The van der Waals surface area contributed by atoms with Gasteiger partial charge in [-0.3, -0.25) is 4.98 Å². The standard InChI is InChI=1S/C9H7ClN4S/c10-6-3-13-14(5-6)8-4-12-2-1-7(8)9(11)15/h1-5H,(H2,11,15). The summed E-state index contributed by atoms with van der Waals surface area (Å²) in [5, 5.41) is 4.61. The fraction of sp³-hybridized carbons (Fsp3) is 0. The number of thiocarbonyl (C=S) groups is 1. The van der Waals surface area contributed by atoms with Crippen LogP contribution in [0.4, 0.5) is 0 Å². The molecule has 0 radical (unpaired) electrons. The number of halogens is 1. The Kier molecular flexibility index (Phi) is 2.66. The number of pyridine rings is 1. The second-order valence-corrected chi connectivity index (χ2v) is 3.74. The van der Waals surface area contributed by atoms with Crippen molar-refractivity contribution in [3.63, 3.8) is 0 Å². The second kappa shape index (κ2) is 3.96. The fourth-order valence-electron chi connectivity index (χ4n) is 1.21. The summed E-state index contributed by atoms with van der Waals surface area (Å²) in [6, 6.07) is 1.74. The van der Waals surface area contributed by atoms with E-state index in [4.69, 9.17) is 29.6 Å². The van der Waals surface area contributed by atoms with Crippen LogP contribution in [0.5, 0.6) is 0 Å². The van der Waals surface area contributed by atoms with E-state index in [2.05, 4.69) is 10.1 Å². The average molecular weight is 239 g/mol. The van der Waals surface area contributed by atoms with Crippen molar-refractivity contribution in [3.8, 4) is 5.69 Å². The summed E-state index contributed by atoms with van der Waals surface area (Å²) in [7, 11) is 0.